The normalized spacial score (nSPS) is 12.3. The molecule has 0 heterocycles. The lowest BCUT2D eigenvalue weighted by atomic mass is 9.91. The largest absolute Gasteiger partial charge is 0.298 e. The first-order valence-corrected chi connectivity index (χ1v) is 12.1. The van der Waals surface area contributed by atoms with E-state index in [1.807, 2.05) is 0 Å². The smallest absolute Gasteiger partial charge is 0.0234 e. The van der Waals surface area contributed by atoms with Crippen molar-refractivity contribution in [2.45, 2.75) is 39.8 Å². The van der Waals surface area contributed by atoms with Gasteiger partial charge < -0.3 is 0 Å². The van der Waals surface area contributed by atoms with Crippen LogP contribution in [0.2, 0.25) is 0 Å². The molecule has 0 unspecified atom stereocenters. The van der Waals surface area contributed by atoms with E-state index in [4.69, 9.17) is 0 Å². The standard InChI is InChI=1S/C32H33N/c1-23(2)17-29-18-25(19-30-20-28-11-7-8-12-31(28)32(29)30)22-33(3)21-24-13-15-27(16-14-24)26-9-5-4-6-10-26/h4-16,18-19,23H,17,20-22H2,1-3H3. The van der Waals surface area contributed by atoms with Gasteiger partial charge in [-0.2, -0.15) is 0 Å². The highest BCUT2D eigenvalue weighted by molar-refractivity contribution is 5.80. The molecular formula is C32H33N. The number of hydrogen-bond acceptors (Lipinski definition) is 1. The Morgan fingerprint density at radius 2 is 1.36 bits per heavy atom. The predicted molar refractivity (Wildman–Crippen MR) is 140 cm³/mol. The van der Waals surface area contributed by atoms with Crippen LogP contribution in [0.4, 0.5) is 0 Å². The molecule has 166 valence electrons. The van der Waals surface area contributed by atoms with Crippen LogP contribution in [0.5, 0.6) is 0 Å². The number of fused-ring (bicyclic) bond motifs is 3. The van der Waals surface area contributed by atoms with Gasteiger partial charge in [0.25, 0.3) is 0 Å². The summed E-state index contributed by atoms with van der Waals surface area (Å²) in [5.41, 5.74) is 12.8. The van der Waals surface area contributed by atoms with Gasteiger partial charge in [-0.05, 0) is 75.9 Å². The average molecular weight is 432 g/mol. The highest BCUT2D eigenvalue weighted by Crippen LogP contribution is 2.40. The number of nitrogens with zero attached hydrogens (tertiary/aromatic N) is 1. The molecule has 0 atom stereocenters. The van der Waals surface area contributed by atoms with Crippen LogP contribution in [0.3, 0.4) is 0 Å². The van der Waals surface area contributed by atoms with Crippen LogP contribution < -0.4 is 0 Å². The molecular weight excluding hydrogens is 398 g/mol. The molecule has 1 aliphatic carbocycles. The minimum Gasteiger partial charge on any atom is -0.298 e. The first-order valence-electron chi connectivity index (χ1n) is 12.1. The quantitative estimate of drug-likeness (QED) is 0.254. The summed E-state index contributed by atoms with van der Waals surface area (Å²) in [5.74, 6) is 0.651. The number of rotatable bonds is 7. The maximum atomic E-state index is 2.47. The van der Waals surface area contributed by atoms with E-state index < -0.39 is 0 Å². The van der Waals surface area contributed by atoms with E-state index >= 15 is 0 Å². The molecule has 1 aliphatic rings. The van der Waals surface area contributed by atoms with Gasteiger partial charge in [0.15, 0.2) is 0 Å². The van der Waals surface area contributed by atoms with Crippen molar-refractivity contribution in [3.8, 4) is 22.3 Å². The molecule has 0 bridgehead atoms. The zero-order chi connectivity index (χ0) is 22.8. The van der Waals surface area contributed by atoms with Crippen LogP contribution in [0.15, 0.2) is 91.0 Å². The average Bonchev–Trinajstić information content (AvgIpc) is 3.18. The molecule has 4 aromatic rings. The van der Waals surface area contributed by atoms with Gasteiger partial charge in [0, 0.05) is 13.1 Å². The van der Waals surface area contributed by atoms with E-state index in [0.29, 0.717) is 5.92 Å². The van der Waals surface area contributed by atoms with E-state index in [9.17, 15) is 0 Å². The summed E-state index contributed by atoms with van der Waals surface area (Å²) in [7, 11) is 2.23. The van der Waals surface area contributed by atoms with Crippen LogP contribution in [-0.4, -0.2) is 11.9 Å². The van der Waals surface area contributed by atoms with E-state index in [1.54, 1.807) is 0 Å². The molecule has 4 aromatic carbocycles. The SMILES string of the molecule is CC(C)Cc1cc(CN(C)Cc2ccc(-c3ccccc3)cc2)cc2c1-c1ccccc1C2. The minimum atomic E-state index is 0.651. The number of hydrogen-bond donors (Lipinski definition) is 0. The maximum Gasteiger partial charge on any atom is 0.0234 e. The fourth-order valence-electron chi connectivity index (χ4n) is 5.25. The second-order valence-corrected chi connectivity index (χ2v) is 9.96. The zero-order valence-corrected chi connectivity index (χ0v) is 20.0. The second-order valence-electron chi connectivity index (χ2n) is 9.96. The molecule has 0 N–H and O–H groups in total. The summed E-state index contributed by atoms with van der Waals surface area (Å²) >= 11 is 0. The van der Waals surface area contributed by atoms with E-state index in [2.05, 4.69) is 117 Å². The molecule has 0 aliphatic heterocycles. The van der Waals surface area contributed by atoms with Gasteiger partial charge in [-0.15, -0.1) is 0 Å². The van der Waals surface area contributed by atoms with Crippen LogP contribution in [0.25, 0.3) is 22.3 Å². The van der Waals surface area contributed by atoms with Crippen molar-refractivity contribution in [1.82, 2.24) is 4.90 Å². The van der Waals surface area contributed by atoms with E-state index in [-0.39, 0.29) is 0 Å². The Hall–Kier alpha value is -3.16. The Bertz CT molecular complexity index is 1240. The number of benzene rings is 4. The van der Waals surface area contributed by atoms with Gasteiger partial charge in [-0.1, -0.05) is 105 Å². The first kappa shape index (κ1) is 21.7. The van der Waals surface area contributed by atoms with Crippen molar-refractivity contribution < 1.29 is 0 Å². The third-order valence-electron chi connectivity index (χ3n) is 6.62. The summed E-state index contributed by atoms with van der Waals surface area (Å²) in [6, 6.07) is 33.5. The molecule has 5 rings (SSSR count). The molecule has 0 spiro atoms. The minimum absolute atomic E-state index is 0.651. The third kappa shape index (κ3) is 4.79. The highest BCUT2D eigenvalue weighted by atomic mass is 15.1. The van der Waals surface area contributed by atoms with Crippen LogP contribution in [0, 0.1) is 5.92 Å². The highest BCUT2D eigenvalue weighted by Gasteiger charge is 2.22. The topological polar surface area (TPSA) is 3.24 Å². The molecule has 0 saturated heterocycles. The van der Waals surface area contributed by atoms with Crippen LogP contribution in [-0.2, 0) is 25.9 Å². The molecule has 1 heteroatoms. The monoisotopic (exact) mass is 431 g/mol. The molecule has 0 radical (unpaired) electrons. The summed E-state index contributed by atoms with van der Waals surface area (Å²) in [6.07, 6.45) is 2.20. The van der Waals surface area contributed by atoms with Gasteiger partial charge in [0.1, 0.15) is 0 Å². The van der Waals surface area contributed by atoms with Gasteiger partial charge in [-0.3, -0.25) is 4.90 Å². The third-order valence-corrected chi connectivity index (χ3v) is 6.62. The first-order chi connectivity index (χ1) is 16.1. The Morgan fingerprint density at radius 1 is 0.697 bits per heavy atom. The molecule has 0 aromatic heterocycles. The van der Waals surface area contributed by atoms with Crippen molar-refractivity contribution >= 4 is 0 Å². The van der Waals surface area contributed by atoms with Gasteiger partial charge >= 0.3 is 0 Å². The van der Waals surface area contributed by atoms with Crippen LogP contribution in [0.1, 0.15) is 41.7 Å². The molecule has 1 nitrogen and oxygen atoms in total. The maximum absolute atomic E-state index is 2.47. The van der Waals surface area contributed by atoms with Crippen molar-refractivity contribution in [3.05, 3.63) is 119 Å². The fourth-order valence-corrected chi connectivity index (χ4v) is 5.25. The van der Waals surface area contributed by atoms with Gasteiger partial charge in [0.05, 0.1) is 0 Å². The summed E-state index contributed by atoms with van der Waals surface area (Å²) in [6.45, 7) is 6.57. The molecule has 0 fully saturated rings. The Labute approximate surface area is 198 Å². The predicted octanol–water partition coefficient (Wildman–Crippen LogP) is 7.76. The Morgan fingerprint density at radius 3 is 2.12 bits per heavy atom. The van der Waals surface area contributed by atoms with Crippen molar-refractivity contribution in [2.24, 2.45) is 5.92 Å². The Kier molecular flexibility index (Phi) is 6.15. The summed E-state index contributed by atoms with van der Waals surface area (Å²) in [5, 5.41) is 0. The zero-order valence-electron chi connectivity index (χ0n) is 20.0. The second kappa shape index (κ2) is 9.37. The lowest BCUT2D eigenvalue weighted by Gasteiger charge is -2.20. The van der Waals surface area contributed by atoms with Crippen LogP contribution >= 0.6 is 0 Å². The van der Waals surface area contributed by atoms with Crippen molar-refractivity contribution in [2.75, 3.05) is 7.05 Å². The molecule has 33 heavy (non-hydrogen) atoms. The molecule has 0 amide bonds. The van der Waals surface area contributed by atoms with Gasteiger partial charge in [0.2, 0.25) is 0 Å². The molecule has 0 saturated carbocycles. The fraction of sp³-hybridized carbons (Fsp3) is 0.250. The Balaban J connectivity index is 1.33. The van der Waals surface area contributed by atoms with E-state index in [0.717, 1.165) is 25.9 Å². The lowest BCUT2D eigenvalue weighted by Crippen LogP contribution is -2.17. The van der Waals surface area contributed by atoms with Crippen molar-refractivity contribution in [1.29, 1.82) is 0 Å². The summed E-state index contributed by atoms with van der Waals surface area (Å²) < 4.78 is 0. The summed E-state index contributed by atoms with van der Waals surface area (Å²) in [4.78, 5) is 2.43. The van der Waals surface area contributed by atoms with Gasteiger partial charge in [-0.25, -0.2) is 0 Å². The lowest BCUT2D eigenvalue weighted by molar-refractivity contribution is 0.319. The van der Waals surface area contributed by atoms with Crippen molar-refractivity contribution in [3.63, 3.8) is 0 Å². The van der Waals surface area contributed by atoms with E-state index in [1.165, 1.54) is 50.1 Å².